The van der Waals surface area contributed by atoms with Gasteiger partial charge in [-0.25, -0.2) is 9.78 Å². The summed E-state index contributed by atoms with van der Waals surface area (Å²) in [4.78, 5) is 49.8. The first-order valence-corrected chi connectivity index (χ1v) is 11.1. The predicted octanol–water partition coefficient (Wildman–Crippen LogP) is 3.50. The van der Waals surface area contributed by atoms with Crippen LogP contribution in [0.5, 0.6) is 0 Å². The average molecular weight is 414 g/mol. The lowest BCUT2D eigenvalue weighted by atomic mass is 10.1. The summed E-state index contributed by atoms with van der Waals surface area (Å²) < 4.78 is 1.74. The van der Waals surface area contributed by atoms with Crippen LogP contribution in [0.4, 0.5) is 0 Å². The van der Waals surface area contributed by atoms with E-state index in [4.69, 9.17) is 0 Å². The number of fused-ring (bicyclic) bond motifs is 2. The Morgan fingerprint density at radius 1 is 0.833 bits per heavy atom. The van der Waals surface area contributed by atoms with Crippen LogP contribution in [0, 0.1) is 6.92 Å². The third-order valence-electron chi connectivity index (χ3n) is 5.50. The highest BCUT2D eigenvalue weighted by atomic mass is 16.2. The number of H-pyrrole nitrogens is 2. The summed E-state index contributed by atoms with van der Waals surface area (Å²) >= 11 is 0. The molecule has 0 spiro atoms. The van der Waals surface area contributed by atoms with E-state index >= 15 is 0 Å². The topological polar surface area (TPSA) is 113 Å². The third-order valence-corrected chi connectivity index (χ3v) is 5.50. The second-order valence-electron chi connectivity index (χ2n) is 7.97. The van der Waals surface area contributed by atoms with Gasteiger partial charge < -0.3 is 9.55 Å². The highest BCUT2D eigenvalue weighted by molar-refractivity contribution is 5.81. The number of pyridine rings is 1. The highest BCUT2D eigenvalue weighted by Gasteiger charge is 2.19. The molecular formula is C22H31N5O3. The number of hydrogen-bond donors (Lipinski definition) is 2. The highest BCUT2D eigenvalue weighted by Crippen LogP contribution is 2.21. The van der Waals surface area contributed by atoms with Crippen LogP contribution < -0.4 is 16.8 Å². The van der Waals surface area contributed by atoms with Crippen molar-refractivity contribution in [3.05, 3.63) is 43.1 Å². The van der Waals surface area contributed by atoms with E-state index in [9.17, 15) is 14.4 Å². The SMILES string of the molecule is CCCCCCCCCCCCn1c2nc(=O)[nH]c(=O)c-2cc2c(=O)[nH]c(C)nc21. The number of unbranched alkanes of at least 4 members (excludes halogenated alkanes) is 9. The zero-order valence-corrected chi connectivity index (χ0v) is 17.9. The molecule has 2 aliphatic heterocycles. The van der Waals surface area contributed by atoms with Crippen LogP contribution in [0.3, 0.4) is 0 Å². The van der Waals surface area contributed by atoms with Gasteiger partial charge >= 0.3 is 5.69 Å². The smallest absolute Gasteiger partial charge is 0.310 e. The molecule has 0 saturated carbocycles. The van der Waals surface area contributed by atoms with Crippen LogP contribution in [0.1, 0.15) is 77.0 Å². The molecule has 0 fully saturated rings. The van der Waals surface area contributed by atoms with Crippen LogP contribution in [0.15, 0.2) is 20.4 Å². The molecule has 3 heterocycles. The largest absolute Gasteiger partial charge is 0.349 e. The summed E-state index contributed by atoms with van der Waals surface area (Å²) in [5, 5.41) is 0.325. The summed E-state index contributed by atoms with van der Waals surface area (Å²) in [6.45, 7) is 4.49. The normalized spacial score (nSPS) is 11.5. The second kappa shape index (κ2) is 10.3. The van der Waals surface area contributed by atoms with Crippen molar-refractivity contribution in [2.24, 2.45) is 0 Å². The number of aromatic nitrogens is 5. The molecule has 0 radical (unpaired) electrons. The first-order valence-electron chi connectivity index (χ1n) is 11.1. The molecule has 1 aromatic rings. The summed E-state index contributed by atoms with van der Waals surface area (Å²) in [6, 6.07) is 1.47. The summed E-state index contributed by atoms with van der Waals surface area (Å²) in [5.74, 6) is 0.764. The van der Waals surface area contributed by atoms with Gasteiger partial charge in [0.25, 0.3) is 11.1 Å². The van der Waals surface area contributed by atoms with Crippen molar-refractivity contribution in [2.45, 2.75) is 84.6 Å². The number of nitrogens with zero attached hydrogens (tertiary/aromatic N) is 3. The van der Waals surface area contributed by atoms with Gasteiger partial charge in [-0.05, 0) is 19.4 Å². The van der Waals surface area contributed by atoms with E-state index in [0.29, 0.717) is 23.4 Å². The first kappa shape index (κ1) is 21.9. The number of rotatable bonds is 11. The lowest BCUT2D eigenvalue weighted by Gasteiger charge is -2.16. The van der Waals surface area contributed by atoms with E-state index in [1.54, 1.807) is 11.5 Å². The van der Waals surface area contributed by atoms with E-state index in [-0.39, 0.29) is 16.9 Å². The van der Waals surface area contributed by atoms with Crippen molar-refractivity contribution >= 4 is 11.0 Å². The molecule has 0 bridgehead atoms. The molecule has 30 heavy (non-hydrogen) atoms. The van der Waals surface area contributed by atoms with Gasteiger partial charge in [0, 0.05) is 6.54 Å². The van der Waals surface area contributed by atoms with Crippen molar-refractivity contribution in [2.75, 3.05) is 0 Å². The maximum Gasteiger partial charge on any atom is 0.349 e. The molecule has 0 aliphatic carbocycles. The van der Waals surface area contributed by atoms with Gasteiger partial charge in [0.15, 0.2) is 5.82 Å². The Bertz CT molecular complexity index is 1130. The van der Waals surface area contributed by atoms with Crippen LogP contribution in [0.2, 0.25) is 0 Å². The number of hydrogen-bond acceptors (Lipinski definition) is 5. The Balaban J connectivity index is 1.73. The standard InChI is InChI=1S/C22H31N5O3/c1-3-4-5-6-7-8-9-10-11-12-13-27-18-16(20(28)24-15(2)23-18)14-17-19(27)25-22(30)26-21(17)29/h14H,3-13H2,1-2H3,(H,23,24,28)(H,26,29,30). The maximum atomic E-state index is 12.4. The molecule has 0 unspecified atom stereocenters. The predicted molar refractivity (Wildman–Crippen MR) is 118 cm³/mol. The van der Waals surface area contributed by atoms with Crippen molar-refractivity contribution in [1.29, 1.82) is 0 Å². The number of nitrogens with one attached hydrogen (secondary N) is 2. The molecule has 8 heteroatoms. The van der Waals surface area contributed by atoms with Crippen molar-refractivity contribution in [3.8, 4) is 11.4 Å². The molecule has 0 saturated heterocycles. The molecule has 0 atom stereocenters. The molecule has 8 nitrogen and oxygen atoms in total. The summed E-state index contributed by atoms with van der Waals surface area (Å²) in [5.41, 5.74) is -0.849. The van der Waals surface area contributed by atoms with Crippen molar-refractivity contribution in [3.63, 3.8) is 0 Å². The zero-order valence-electron chi connectivity index (χ0n) is 17.9. The van der Waals surface area contributed by atoms with E-state index in [0.717, 1.165) is 19.3 Å². The fourth-order valence-electron chi connectivity index (χ4n) is 3.92. The Labute approximate surface area is 175 Å². The van der Waals surface area contributed by atoms with Crippen molar-refractivity contribution < 1.29 is 0 Å². The van der Waals surface area contributed by atoms with E-state index in [1.807, 2.05) is 0 Å². The molecule has 162 valence electrons. The van der Waals surface area contributed by atoms with Gasteiger partial charge in [-0.2, -0.15) is 4.98 Å². The Morgan fingerprint density at radius 3 is 2.13 bits per heavy atom. The minimum atomic E-state index is -0.690. The van der Waals surface area contributed by atoms with Gasteiger partial charge in [0.2, 0.25) is 0 Å². The maximum absolute atomic E-state index is 12.4. The summed E-state index contributed by atoms with van der Waals surface area (Å²) in [6.07, 6.45) is 12.1. The molecular weight excluding hydrogens is 382 g/mol. The lowest BCUT2D eigenvalue weighted by molar-refractivity contribution is 0.536. The van der Waals surface area contributed by atoms with E-state index in [1.165, 1.54) is 51.0 Å². The monoisotopic (exact) mass is 413 g/mol. The zero-order chi connectivity index (χ0) is 21.5. The van der Waals surface area contributed by atoms with Gasteiger partial charge in [-0.15, -0.1) is 0 Å². The van der Waals surface area contributed by atoms with Gasteiger partial charge in [-0.1, -0.05) is 64.7 Å². The Hall–Kier alpha value is -2.77. The molecule has 3 rings (SSSR count). The van der Waals surface area contributed by atoms with E-state index in [2.05, 4.69) is 26.9 Å². The van der Waals surface area contributed by atoms with Crippen molar-refractivity contribution in [1.82, 2.24) is 24.5 Å². The van der Waals surface area contributed by atoms with Gasteiger partial charge in [0.1, 0.15) is 11.5 Å². The fraction of sp³-hybridized carbons (Fsp3) is 0.591. The minimum Gasteiger partial charge on any atom is -0.310 e. The van der Waals surface area contributed by atoms with E-state index < -0.39 is 11.2 Å². The Kier molecular flexibility index (Phi) is 7.54. The lowest BCUT2D eigenvalue weighted by Crippen LogP contribution is -2.29. The Morgan fingerprint density at radius 2 is 1.47 bits per heavy atom. The molecule has 2 N–H and O–H groups in total. The number of aryl methyl sites for hydroxylation is 2. The molecule has 2 aliphatic rings. The second-order valence-corrected chi connectivity index (χ2v) is 7.97. The van der Waals surface area contributed by atoms with Crippen LogP contribution >= 0.6 is 0 Å². The van der Waals surface area contributed by atoms with Crippen LogP contribution in [-0.2, 0) is 6.54 Å². The molecule has 0 amide bonds. The molecule has 0 aromatic carbocycles. The van der Waals surface area contributed by atoms with Crippen LogP contribution in [-0.4, -0.2) is 24.5 Å². The minimum absolute atomic E-state index is 0.227. The van der Waals surface area contributed by atoms with Crippen LogP contribution in [0.25, 0.3) is 22.4 Å². The van der Waals surface area contributed by atoms with Gasteiger partial charge in [0.05, 0.1) is 10.9 Å². The first-order chi connectivity index (χ1) is 14.5. The quantitative estimate of drug-likeness (QED) is 0.369. The van der Waals surface area contributed by atoms with Gasteiger partial charge in [-0.3, -0.25) is 14.6 Å². The fourth-order valence-corrected chi connectivity index (χ4v) is 3.92. The summed E-state index contributed by atoms with van der Waals surface area (Å²) in [7, 11) is 0. The average Bonchev–Trinajstić information content (AvgIpc) is 2.69. The third kappa shape index (κ3) is 5.23. The molecule has 1 aromatic heterocycles. The number of aromatic amines is 2.